The molecule has 0 fully saturated rings. The Morgan fingerprint density at radius 2 is 1.96 bits per heavy atom. The van der Waals surface area contributed by atoms with E-state index in [0.717, 1.165) is 16.8 Å². The molecule has 7 nitrogen and oxygen atoms in total. The Kier molecular flexibility index (Phi) is 4.99. The number of carbonyl (C=O) groups excluding carboxylic acids is 3. The van der Waals surface area contributed by atoms with Crippen LogP contribution in [0.5, 0.6) is 0 Å². The van der Waals surface area contributed by atoms with Gasteiger partial charge < -0.3 is 15.8 Å². The van der Waals surface area contributed by atoms with E-state index in [1.807, 2.05) is 18.2 Å². The van der Waals surface area contributed by atoms with Gasteiger partial charge in [-0.05, 0) is 51.7 Å². The van der Waals surface area contributed by atoms with Crippen LogP contribution in [-0.2, 0) is 32.0 Å². The summed E-state index contributed by atoms with van der Waals surface area (Å²) >= 11 is 0. The van der Waals surface area contributed by atoms with Crippen molar-refractivity contribution in [3.05, 3.63) is 29.3 Å². The largest absolute Gasteiger partial charge is 0.458 e. The van der Waals surface area contributed by atoms with E-state index < -0.39 is 29.7 Å². The first-order chi connectivity index (χ1) is 12.6. The van der Waals surface area contributed by atoms with Crippen LogP contribution in [0.1, 0.15) is 45.2 Å². The lowest BCUT2D eigenvalue weighted by atomic mass is 10.0. The van der Waals surface area contributed by atoms with Gasteiger partial charge in [-0.2, -0.15) is 0 Å². The number of aryl methyl sites for hydroxylation is 1. The van der Waals surface area contributed by atoms with Gasteiger partial charge in [-0.25, -0.2) is 4.79 Å². The number of anilines is 1. The SMILES string of the molecule is C[C@H](NC(=O)[C@@H]1Cc2cccc3c2N1C(=O)[C@@H](N)CC3)C(=O)OC(C)(C)C. The zero-order valence-corrected chi connectivity index (χ0v) is 16.2. The molecule has 1 aromatic rings. The maximum atomic E-state index is 12.9. The summed E-state index contributed by atoms with van der Waals surface area (Å²) in [6.45, 7) is 6.89. The number of ether oxygens (including phenoxy) is 1. The van der Waals surface area contributed by atoms with E-state index in [0.29, 0.717) is 19.3 Å². The van der Waals surface area contributed by atoms with Crippen molar-refractivity contribution < 1.29 is 19.1 Å². The smallest absolute Gasteiger partial charge is 0.328 e. The first kappa shape index (κ1) is 19.4. The number of hydrogen-bond donors (Lipinski definition) is 2. The molecular formula is C20H27N3O4. The number of amides is 2. The van der Waals surface area contributed by atoms with Gasteiger partial charge in [0.05, 0.1) is 11.7 Å². The van der Waals surface area contributed by atoms with Gasteiger partial charge in [0, 0.05) is 6.42 Å². The van der Waals surface area contributed by atoms with E-state index in [2.05, 4.69) is 5.32 Å². The Balaban J connectivity index is 1.81. The fourth-order valence-electron chi connectivity index (χ4n) is 3.62. The number of carbonyl (C=O) groups is 3. The molecule has 146 valence electrons. The quantitative estimate of drug-likeness (QED) is 0.772. The minimum absolute atomic E-state index is 0.247. The van der Waals surface area contributed by atoms with Crippen LogP contribution >= 0.6 is 0 Å². The summed E-state index contributed by atoms with van der Waals surface area (Å²) in [6.07, 6.45) is 1.66. The monoisotopic (exact) mass is 373 g/mol. The summed E-state index contributed by atoms with van der Waals surface area (Å²) in [5, 5.41) is 2.69. The molecule has 2 amide bonds. The van der Waals surface area contributed by atoms with E-state index in [1.165, 1.54) is 4.90 Å². The van der Waals surface area contributed by atoms with Crippen molar-refractivity contribution in [1.82, 2.24) is 5.32 Å². The molecule has 27 heavy (non-hydrogen) atoms. The highest BCUT2D eigenvalue weighted by molar-refractivity contribution is 6.07. The average Bonchev–Trinajstić information content (AvgIpc) is 2.91. The minimum atomic E-state index is -0.810. The number of nitrogens with zero attached hydrogens (tertiary/aromatic N) is 1. The first-order valence-corrected chi connectivity index (χ1v) is 9.31. The predicted octanol–water partition coefficient (Wildman–Crippen LogP) is 1.06. The second kappa shape index (κ2) is 6.96. The summed E-state index contributed by atoms with van der Waals surface area (Å²) in [4.78, 5) is 39.4. The molecule has 3 N–H and O–H groups in total. The molecule has 7 heteroatoms. The predicted molar refractivity (Wildman–Crippen MR) is 101 cm³/mol. The van der Waals surface area contributed by atoms with Gasteiger partial charge in [-0.3, -0.25) is 14.5 Å². The molecule has 0 saturated heterocycles. The van der Waals surface area contributed by atoms with Gasteiger partial charge in [0.15, 0.2) is 0 Å². The Bertz CT molecular complexity index is 784. The lowest BCUT2D eigenvalue weighted by molar-refractivity contribution is -0.158. The molecule has 0 aliphatic carbocycles. The number of rotatable bonds is 3. The molecule has 0 unspecified atom stereocenters. The van der Waals surface area contributed by atoms with Crippen LogP contribution in [0.25, 0.3) is 0 Å². The van der Waals surface area contributed by atoms with Crippen LogP contribution in [0, 0.1) is 0 Å². The Morgan fingerprint density at radius 3 is 2.63 bits per heavy atom. The molecule has 0 radical (unpaired) electrons. The molecule has 1 aromatic carbocycles. The summed E-state index contributed by atoms with van der Waals surface area (Å²) in [7, 11) is 0. The van der Waals surface area contributed by atoms with Crippen molar-refractivity contribution >= 4 is 23.5 Å². The summed E-state index contributed by atoms with van der Waals surface area (Å²) in [5.41, 5.74) is 8.19. The van der Waals surface area contributed by atoms with E-state index in [-0.39, 0.29) is 11.8 Å². The van der Waals surface area contributed by atoms with Crippen molar-refractivity contribution in [3.8, 4) is 0 Å². The standard InChI is InChI=1S/C20H27N3O4/c1-11(19(26)27-20(2,3)4)22-17(24)15-10-13-7-5-6-12-8-9-14(21)18(25)23(15)16(12)13/h5-7,11,14-15H,8-10,21H2,1-4H3,(H,22,24)/t11-,14-,15-/m0/s1. The first-order valence-electron chi connectivity index (χ1n) is 9.31. The van der Waals surface area contributed by atoms with Crippen molar-refractivity contribution in [2.45, 2.75) is 70.7 Å². The molecule has 2 heterocycles. The summed E-state index contributed by atoms with van der Waals surface area (Å²) in [6, 6.07) is 3.69. The lowest BCUT2D eigenvalue weighted by Gasteiger charge is -2.28. The Labute approximate surface area is 159 Å². The lowest BCUT2D eigenvalue weighted by Crippen LogP contribution is -2.55. The normalized spacial score (nSPS) is 22.7. The Morgan fingerprint density at radius 1 is 1.30 bits per heavy atom. The second-order valence-corrected chi connectivity index (χ2v) is 8.26. The average molecular weight is 373 g/mol. The minimum Gasteiger partial charge on any atom is -0.458 e. The van der Waals surface area contributed by atoms with Gasteiger partial charge in [0.25, 0.3) is 0 Å². The third kappa shape index (κ3) is 3.83. The highest BCUT2D eigenvalue weighted by Gasteiger charge is 2.43. The topological polar surface area (TPSA) is 102 Å². The molecule has 0 aromatic heterocycles. The number of para-hydroxylation sites is 1. The number of nitrogens with one attached hydrogen (secondary N) is 1. The molecule has 2 aliphatic rings. The fraction of sp³-hybridized carbons (Fsp3) is 0.550. The highest BCUT2D eigenvalue weighted by Crippen LogP contribution is 2.38. The second-order valence-electron chi connectivity index (χ2n) is 8.26. The molecule has 3 rings (SSSR count). The molecule has 2 aliphatic heterocycles. The van der Waals surface area contributed by atoms with E-state index >= 15 is 0 Å². The van der Waals surface area contributed by atoms with E-state index in [9.17, 15) is 14.4 Å². The maximum absolute atomic E-state index is 12.9. The summed E-state index contributed by atoms with van der Waals surface area (Å²) in [5.74, 6) is -1.13. The van der Waals surface area contributed by atoms with Crippen LogP contribution in [0.3, 0.4) is 0 Å². The van der Waals surface area contributed by atoms with Crippen molar-refractivity contribution in [3.63, 3.8) is 0 Å². The van der Waals surface area contributed by atoms with Gasteiger partial charge >= 0.3 is 5.97 Å². The van der Waals surface area contributed by atoms with Crippen LogP contribution < -0.4 is 16.0 Å². The van der Waals surface area contributed by atoms with Gasteiger partial charge in [0.1, 0.15) is 17.7 Å². The summed E-state index contributed by atoms with van der Waals surface area (Å²) < 4.78 is 5.31. The molecule has 3 atom stereocenters. The van der Waals surface area contributed by atoms with Crippen LogP contribution in [0.4, 0.5) is 5.69 Å². The van der Waals surface area contributed by atoms with Gasteiger partial charge in [0.2, 0.25) is 11.8 Å². The zero-order chi connectivity index (χ0) is 19.9. The number of hydrogen-bond acceptors (Lipinski definition) is 5. The third-order valence-corrected chi connectivity index (χ3v) is 4.87. The molecule has 0 saturated carbocycles. The van der Waals surface area contributed by atoms with Crippen LogP contribution in [0.15, 0.2) is 18.2 Å². The van der Waals surface area contributed by atoms with E-state index in [4.69, 9.17) is 10.5 Å². The van der Waals surface area contributed by atoms with Crippen LogP contribution in [-0.4, -0.2) is 41.5 Å². The number of benzene rings is 1. The van der Waals surface area contributed by atoms with Crippen molar-refractivity contribution in [2.24, 2.45) is 5.73 Å². The number of nitrogens with two attached hydrogens (primary N) is 1. The fourth-order valence-corrected chi connectivity index (χ4v) is 3.62. The molecule has 0 bridgehead atoms. The zero-order valence-electron chi connectivity index (χ0n) is 16.2. The van der Waals surface area contributed by atoms with E-state index in [1.54, 1.807) is 27.7 Å². The number of esters is 1. The van der Waals surface area contributed by atoms with Crippen LogP contribution in [0.2, 0.25) is 0 Å². The molecular weight excluding hydrogens is 346 g/mol. The van der Waals surface area contributed by atoms with Gasteiger partial charge in [-0.1, -0.05) is 18.2 Å². The molecule has 0 spiro atoms. The maximum Gasteiger partial charge on any atom is 0.328 e. The Hall–Kier alpha value is -2.41. The van der Waals surface area contributed by atoms with Crippen molar-refractivity contribution in [1.29, 1.82) is 0 Å². The third-order valence-electron chi connectivity index (χ3n) is 4.87. The van der Waals surface area contributed by atoms with Gasteiger partial charge in [-0.15, -0.1) is 0 Å². The highest BCUT2D eigenvalue weighted by atomic mass is 16.6. The van der Waals surface area contributed by atoms with Crippen molar-refractivity contribution in [2.75, 3.05) is 4.90 Å².